The Balaban J connectivity index is 2.28. The van der Waals surface area contributed by atoms with Crippen LogP contribution in [0.15, 0.2) is 47.4 Å². The van der Waals surface area contributed by atoms with Gasteiger partial charge in [-0.25, -0.2) is 0 Å². The van der Waals surface area contributed by atoms with Gasteiger partial charge in [-0.3, -0.25) is 19.1 Å². The molecule has 0 saturated carbocycles. The van der Waals surface area contributed by atoms with Crippen molar-refractivity contribution in [3.63, 3.8) is 0 Å². The summed E-state index contributed by atoms with van der Waals surface area (Å²) >= 11 is 0. The molecule has 2 aromatic carbocycles. The molecule has 0 aliphatic rings. The third-order valence-corrected chi connectivity index (χ3v) is 4.60. The van der Waals surface area contributed by atoms with Crippen LogP contribution in [0.2, 0.25) is 0 Å². The highest BCUT2D eigenvalue weighted by Gasteiger charge is 2.19. The number of ketones is 1. The summed E-state index contributed by atoms with van der Waals surface area (Å²) in [6.45, 7) is 1.83. The van der Waals surface area contributed by atoms with Crippen molar-refractivity contribution >= 4 is 28.0 Å². The number of nitrogens with zero attached hydrogens (tertiary/aromatic N) is 2. The largest absolute Gasteiger partial charge is 0.365 e. The molecule has 0 aliphatic carbocycles. The van der Waals surface area contributed by atoms with E-state index in [1.54, 1.807) is 42.5 Å². The number of anilines is 1. The van der Waals surface area contributed by atoms with E-state index in [1.165, 1.54) is 13.0 Å². The van der Waals surface area contributed by atoms with Gasteiger partial charge in [0.2, 0.25) is 0 Å². The van der Waals surface area contributed by atoms with Crippen molar-refractivity contribution in [2.75, 3.05) is 18.2 Å². The normalized spacial score (nSPS) is 11.8. The van der Waals surface area contributed by atoms with Crippen LogP contribution in [-0.2, 0) is 17.3 Å². The molecule has 0 N–H and O–H groups in total. The second-order valence-electron chi connectivity index (χ2n) is 5.47. The lowest BCUT2D eigenvalue weighted by Crippen LogP contribution is -2.18. The van der Waals surface area contributed by atoms with Gasteiger partial charge in [0.05, 0.1) is 4.92 Å². The standard InChI is InChI=1S/C17H18N2O4S/c1-12(20)14-6-9-16(17(10-14)19(21)22)18(2)11-13-4-7-15(8-5-13)24(3)23/h4-10H,11H2,1-3H3/t24-/m1/s1. The molecule has 0 fully saturated rings. The van der Waals surface area contributed by atoms with Gasteiger partial charge in [-0.1, -0.05) is 12.1 Å². The maximum Gasteiger partial charge on any atom is 0.293 e. The number of carbonyl (C=O) groups excluding carboxylic acids is 1. The van der Waals surface area contributed by atoms with E-state index < -0.39 is 15.7 Å². The second-order valence-corrected chi connectivity index (χ2v) is 6.85. The van der Waals surface area contributed by atoms with Crippen molar-refractivity contribution in [1.29, 1.82) is 0 Å². The van der Waals surface area contributed by atoms with Gasteiger partial charge in [-0.15, -0.1) is 0 Å². The molecule has 7 heteroatoms. The summed E-state index contributed by atoms with van der Waals surface area (Å²) in [4.78, 5) is 24.7. The molecule has 0 saturated heterocycles. The number of nitro benzene ring substituents is 1. The minimum absolute atomic E-state index is 0.100. The highest BCUT2D eigenvalue weighted by molar-refractivity contribution is 7.84. The predicted molar refractivity (Wildman–Crippen MR) is 94.0 cm³/mol. The highest BCUT2D eigenvalue weighted by Crippen LogP contribution is 2.29. The van der Waals surface area contributed by atoms with E-state index >= 15 is 0 Å². The van der Waals surface area contributed by atoms with Crippen LogP contribution < -0.4 is 4.90 Å². The molecule has 2 rings (SSSR count). The van der Waals surface area contributed by atoms with E-state index in [-0.39, 0.29) is 11.5 Å². The predicted octanol–water partition coefficient (Wildman–Crippen LogP) is 3.17. The number of Topliss-reactive ketones (excluding diaryl/α,β-unsaturated/α-hetero) is 1. The fraction of sp³-hybridized carbons (Fsp3) is 0.235. The average Bonchev–Trinajstić information content (AvgIpc) is 2.54. The quantitative estimate of drug-likeness (QED) is 0.456. The molecule has 126 valence electrons. The van der Waals surface area contributed by atoms with Gasteiger partial charge in [0.1, 0.15) is 5.69 Å². The van der Waals surface area contributed by atoms with Gasteiger partial charge >= 0.3 is 0 Å². The number of nitro groups is 1. The first-order chi connectivity index (χ1) is 11.3. The van der Waals surface area contributed by atoms with Crippen molar-refractivity contribution < 1.29 is 13.9 Å². The third-order valence-electron chi connectivity index (χ3n) is 3.66. The maximum absolute atomic E-state index is 11.4. The summed E-state index contributed by atoms with van der Waals surface area (Å²) < 4.78 is 11.4. The van der Waals surface area contributed by atoms with Gasteiger partial charge in [-0.2, -0.15) is 0 Å². The Kier molecular flexibility index (Phi) is 5.46. The Hall–Kier alpha value is -2.54. The van der Waals surface area contributed by atoms with E-state index in [2.05, 4.69) is 0 Å². The van der Waals surface area contributed by atoms with Gasteiger partial charge < -0.3 is 4.90 Å². The molecule has 0 unspecified atom stereocenters. The Morgan fingerprint density at radius 3 is 2.33 bits per heavy atom. The molecular formula is C17H18N2O4S. The van der Waals surface area contributed by atoms with Crippen LogP contribution in [0.25, 0.3) is 0 Å². The third kappa shape index (κ3) is 4.05. The van der Waals surface area contributed by atoms with Gasteiger partial charge in [-0.05, 0) is 36.8 Å². The van der Waals surface area contributed by atoms with E-state index in [0.29, 0.717) is 17.8 Å². The van der Waals surface area contributed by atoms with Crippen molar-refractivity contribution in [2.24, 2.45) is 0 Å². The topological polar surface area (TPSA) is 80.5 Å². The van der Waals surface area contributed by atoms with Crippen LogP contribution in [0.5, 0.6) is 0 Å². The van der Waals surface area contributed by atoms with Crippen molar-refractivity contribution in [3.8, 4) is 0 Å². The fourth-order valence-electron chi connectivity index (χ4n) is 2.36. The lowest BCUT2D eigenvalue weighted by Gasteiger charge is -2.19. The number of benzene rings is 2. The fourth-order valence-corrected chi connectivity index (χ4v) is 2.88. The van der Waals surface area contributed by atoms with Crippen LogP contribution in [-0.4, -0.2) is 28.2 Å². The minimum atomic E-state index is -1.04. The monoisotopic (exact) mass is 346 g/mol. The van der Waals surface area contributed by atoms with Crippen molar-refractivity contribution in [1.82, 2.24) is 0 Å². The molecule has 6 nitrogen and oxygen atoms in total. The zero-order chi connectivity index (χ0) is 17.9. The second kappa shape index (κ2) is 7.35. The van der Waals surface area contributed by atoms with E-state index in [1.807, 2.05) is 12.1 Å². The lowest BCUT2D eigenvalue weighted by molar-refractivity contribution is -0.384. The summed E-state index contributed by atoms with van der Waals surface area (Å²) in [5.41, 5.74) is 1.59. The molecule has 1 atom stereocenters. The zero-order valence-corrected chi connectivity index (χ0v) is 14.5. The number of carbonyl (C=O) groups is 1. The van der Waals surface area contributed by atoms with E-state index in [9.17, 15) is 19.1 Å². The first-order valence-electron chi connectivity index (χ1n) is 7.22. The molecule has 0 aliphatic heterocycles. The van der Waals surface area contributed by atoms with Crippen LogP contribution >= 0.6 is 0 Å². The summed E-state index contributed by atoms with van der Waals surface area (Å²) in [7, 11) is 0.714. The van der Waals surface area contributed by atoms with Crippen LogP contribution in [0.1, 0.15) is 22.8 Å². The number of rotatable bonds is 6. The van der Waals surface area contributed by atoms with Crippen LogP contribution in [0, 0.1) is 10.1 Å². The summed E-state index contributed by atoms with van der Waals surface area (Å²) in [6, 6.07) is 11.7. The highest BCUT2D eigenvalue weighted by atomic mass is 32.2. The Morgan fingerprint density at radius 1 is 1.21 bits per heavy atom. The molecule has 0 spiro atoms. The first kappa shape index (κ1) is 17.8. The van der Waals surface area contributed by atoms with Crippen molar-refractivity contribution in [2.45, 2.75) is 18.4 Å². The van der Waals surface area contributed by atoms with Gasteiger partial charge in [0, 0.05) is 47.2 Å². The Bertz CT molecular complexity index is 803. The summed E-state index contributed by atoms with van der Waals surface area (Å²) in [5.74, 6) is -0.213. The van der Waals surface area contributed by atoms with Crippen LogP contribution in [0.4, 0.5) is 11.4 Å². The van der Waals surface area contributed by atoms with Crippen LogP contribution in [0.3, 0.4) is 0 Å². The molecule has 0 amide bonds. The Labute approximate surface area is 142 Å². The maximum atomic E-state index is 11.4. The van der Waals surface area contributed by atoms with Gasteiger partial charge in [0.15, 0.2) is 5.78 Å². The Morgan fingerprint density at radius 2 is 1.83 bits per heavy atom. The molecule has 0 radical (unpaired) electrons. The average molecular weight is 346 g/mol. The smallest absolute Gasteiger partial charge is 0.293 e. The number of hydrogen-bond donors (Lipinski definition) is 0. The molecule has 24 heavy (non-hydrogen) atoms. The minimum Gasteiger partial charge on any atom is -0.365 e. The number of hydrogen-bond acceptors (Lipinski definition) is 5. The van der Waals surface area contributed by atoms with Crippen molar-refractivity contribution in [3.05, 3.63) is 63.7 Å². The van der Waals surface area contributed by atoms with Gasteiger partial charge in [0.25, 0.3) is 5.69 Å². The SMILES string of the molecule is CC(=O)c1ccc(N(C)Cc2ccc([S@@](C)=O)cc2)c([N+](=O)[O-])c1. The van der Waals surface area contributed by atoms with E-state index in [0.717, 1.165) is 10.5 Å². The molecule has 0 aromatic heterocycles. The molecule has 0 bridgehead atoms. The lowest BCUT2D eigenvalue weighted by atomic mass is 10.1. The molecule has 2 aromatic rings. The first-order valence-corrected chi connectivity index (χ1v) is 8.78. The van der Waals surface area contributed by atoms with E-state index in [4.69, 9.17) is 0 Å². The summed E-state index contributed by atoms with van der Waals surface area (Å²) in [6.07, 6.45) is 1.61. The summed E-state index contributed by atoms with van der Waals surface area (Å²) in [5, 5.41) is 11.3. The molecular weight excluding hydrogens is 328 g/mol. The zero-order valence-electron chi connectivity index (χ0n) is 13.7. The molecule has 0 heterocycles.